The molecular weight excluding hydrogens is 202 g/mol. The molecule has 3 rings (SSSR count). The van der Waals surface area contributed by atoms with Crippen LogP contribution in [0.4, 0.5) is 0 Å². The first-order valence-electron chi connectivity index (χ1n) is 5.06. The van der Waals surface area contributed by atoms with Gasteiger partial charge in [0.1, 0.15) is 0 Å². The van der Waals surface area contributed by atoms with Crippen LogP contribution in [-0.2, 0) is 0 Å². The molecule has 5 nitrogen and oxygen atoms in total. The molecule has 0 spiro atoms. The number of nitrogens with two attached hydrogens (primary N) is 1. The summed E-state index contributed by atoms with van der Waals surface area (Å²) in [5.41, 5.74) is 7.07. The average molecular weight is 215 g/mol. The van der Waals surface area contributed by atoms with Gasteiger partial charge in [0.05, 0.1) is 17.6 Å². The van der Waals surface area contributed by atoms with Gasteiger partial charge in [0, 0.05) is 18.9 Å². The number of aliphatic imine (C=N–C) groups is 1. The van der Waals surface area contributed by atoms with E-state index in [-0.39, 0.29) is 0 Å². The van der Waals surface area contributed by atoms with Gasteiger partial charge in [-0.3, -0.25) is 15.0 Å². The molecular formula is C11H13N5. The number of aromatic nitrogens is 2. The number of guanidine groups is 1. The van der Waals surface area contributed by atoms with Crippen molar-refractivity contribution in [2.75, 3.05) is 13.1 Å². The molecule has 0 bridgehead atoms. The molecule has 0 radical (unpaired) electrons. The third kappa shape index (κ3) is 2.66. The van der Waals surface area contributed by atoms with Crippen LogP contribution in [0.3, 0.4) is 0 Å². The topological polar surface area (TPSA) is 76.2 Å². The number of nitrogens with one attached hydrogen (secondary N) is 1. The van der Waals surface area contributed by atoms with Gasteiger partial charge in [-0.15, -0.1) is 0 Å². The van der Waals surface area contributed by atoms with E-state index >= 15 is 0 Å². The van der Waals surface area contributed by atoms with Crippen molar-refractivity contribution in [2.24, 2.45) is 10.7 Å². The minimum Gasteiger partial charge on any atom is -0.370 e. The molecule has 0 aliphatic carbocycles. The van der Waals surface area contributed by atoms with Gasteiger partial charge < -0.3 is 11.1 Å². The largest absolute Gasteiger partial charge is 0.370 e. The maximum Gasteiger partial charge on any atom is 0.188 e. The zero-order chi connectivity index (χ0) is 11.2. The summed E-state index contributed by atoms with van der Waals surface area (Å²) in [6, 6.07) is 7.80. The van der Waals surface area contributed by atoms with Crippen molar-refractivity contribution in [1.82, 2.24) is 15.3 Å². The Bertz CT molecular complexity index is 429. The summed E-state index contributed by atoms with van der Waals surface area (Å²) in [5.74, 6) is 0.579. The van der Waals surface area contributed by atoms with E-state index in [1.165, 1.54) is 0 Å². The van der Waals surface area contributed by atoms with Crippen LogP contribution in [0.5, 0.6) is 0 Å². The van der Waals surface area contributed by atoms with E-state index in [1.54, 1.807) is 12.4 Å². The predicted octanol–water partition coefficient (Wildman–Crippen LogP) is 0.534. The lowest BCUT2D eigenvalue weighted by atomic mass is 10.3. The molecule has 3 N–H and O–H groups in total. The van der Waals surface area contributed by atoms with Gasteiger partial charge in [-0.2, -0.15) is 0 Å². The summed E-state index contributed by atoms with van der Waals surface area (Å²) >= 11 is 0. The van der Waals surface area contributed by atoms with Crippen molar-refractivity contribution >= 4 is 17.0 Å². The average Bonchev–Trinajstić information content (AvgIpc) is 2.81. The summed E-state index contributed by atoms with van der Waals surface area (Å²) in [6.07, 6.45) is 3.39. The highest BCUT2D eigenvalue weighted by Gasteiger charge is 1.94. The van der Waals surface area contributed by atoms with Crippen LogP contribution in [0.15, 0.2) is 41.7 Å². The number of para-hydroxylation sites is 2. The van der Waals surface area contributed by atoms with Gasteiger partial charge in [0.15, 0.2) is 5.96 Å². The summed E-state index contributed by atoms with van der Waals surface area (Å²) < 4.78 is 0. The number of fused-ring (bicyclic) bond motifs is 1. The standard InChI is InChI=1S/C8H6N2.C3H7N3/c1-2-4-8-7(3-1)9-5-6-10-8;4-3-5-1-2-6-3/h1-6H;1-2H2,(H3,4,5,6). The Hall–Kier alpha value is -2.17. The second kappa shape index (κ2) is 5.06. The Morgan fingerprint density at radius 1 is 1.06 bits per heavy atom. The smallest absolute Gasteiger partial charge is 0.188 e. The third-order valence-corrected chi connectivity index (χ3v) is 2.08. The molecule has 0 fully saturated rings. The monoisotopic (exact) mass is 215 g/mol. The van der Waals surface area contributed by atoms with E-state index in [9.17, 15) is 0 Å². The Balaban J connectivity index is 0.000000138. The van der Waals surface area contributed by atoms with Crippen molar-refractivity contribution in [1.29, 1.82) is 0 Å². The maximum absolute atomic E-state index is 5.17. The van der Waals surface area contributed by atoms with E-state index in [4.69, 9.17) is 5.73 Å². The molecule has 1 aliphatic rings. The molecule has 82 valence electrons. The van der Waals surface area contributed by atoms with Gasteiger partial charge in [-0.1, -0.05) is 12.1 Å². The summed E-state index contributed by atoms with van der Waals surface area (Å²) in [4.78, 5) is 12.1. The lowest BCUT2D eigenvalue weighted by Gasteiger charge is -1.90. The Morgan fingerprint density at radius 3 is 2.06 bits per heavy atom. The molecule has 1 aromatic carbocycles. The van der Waals surface area contributed by atoms with Gasteiger partial charge in [-0.05, 0) is 12.1 Å². The molecule has 5 heteroatoms. The van der Waals surface area contributed by atoms with Gasteiger partial charge in [0.2, 0.25) is 0 Å². The fourth-order valence-corrected chi connectivity index (χ4v) is 1.33. The predicted molar refractivity (Wildman–Crippen MR) is 64.0 cm³/mol. The Labute approximate surface area is 93.4 Å². The maximum atomic E-state index is 5.17. The van der Waals surface area contributed by atoms with Crippen molar-refractivity contribution in [3.63, 3.8) is 0 Å². The molecule has 0 amide bonds. The number of hydrogen-bond donors (Lipinski definition) is 2. The molecule has 0 saturated carbocycles. The number of rotatable bonds is 0. The van der Waals surface area contributed by atoms with Gasteiger partial charge in [-0.25, -0.2) is 0 Å². The van der Waals surface area contributed by atoms with Crippen molar-refractivity contribution in [3.8, 4) is 0 Å². The second-order valence-electron chi connectivity index (χ2n) is 3.24. The normalized spacial score (nSPS) is 13.6. The van der Waals surface area contributed by atoms with Crippen molar-refractivity contribution < 1.29 is 0 Å². The molecule has 0 atom stereocenters. The lowest BCUT2D eigenvalue weighted by molar-refractivity contribution is 0.957. The van der Waals surface area contributed by atoms with Crippen LogP contribution < -0.4 is 11.1 Å². The molecule has 0 saturated heterocycles. The van der Waals surface area contributed by atoms with E-state index in [2.05, 4.69) is 20.3 Å². The van der Waals surface area contributed by atoms with Crippen LogP contribution in [0, 0.1) is 0 Å². The van der Waals surface area contributed by atoms with E-state index in [1.807, 2.05) is 24.3 Å². The van der Waals surface area contributed by atoms with E-state index in [0.717, 1.165) is 24.1 Å². The number of benzene rings is 1. The first-order chi connectivity index (χ1) is 7.86. The zero-order valence-electron chi connectivity index (χ0n) is 8.80. The molecule has 2 heterocycles. The molecule has 16 heavy (non-hydrogen) atoms. The number of hydrogen-bond acceptors (Lipinski definition) is 5. The van der Waals surface area contributed by atoms with Crippen molar-refractivity contribution in [2.45, 2.75) is 0 Å². The highest BCUT2D eigenvalue weighted by molar-refractivity contribution is 5.79. The fourth-order valence-electron chi connectivity index (χ4n) is 1.33. The summed E-state index contributed by atoms with van der Waals surface area (Å²) in [5, 5.41) is 2.85. The number of nitrogens with zero attached hydrogens (tertiary/aromatic N) is 3. The SMILES string of the molecule is NC1=NCCN1.c1ccc2nccnc2c1. The first-order valence-corrected chi connectivity index (χ1v) is 5.06. The van der Waals surface area contributed by atoms with E-state index < -0.39 is 0 Å². The minimum atomic E-state index is 0.579. The highest BCUT2D eigenvalue weighted by atomic mass is 15.1. The van der Waals surface area contributed by atoms with E-state index in [0.29, 0.717) is 5.96 Å². The Morgan fingerprint density at radius 2 is 1.69 bits per heavy atom. The molecule has 0 unspecified atom stereocenters. The zero-order valence-corrected chi connectivity index (χ0v) is 8.80. The van der Waals surface area contributed by atoms with Gasteiger partial charge in [0.25, 0.3) is 0 Å². The Kier molecular flexibility index (Phi) is 3.28. The quantitative estimate of drug-likeness (QED) is 0.672. The minimum absolute atomic E-state index is 0.579. The van der Waals surface area contributed by atoms with Crippen LogP contribution in [0.1, 0.15) is 0 Å². The first kappa shape index (κ1) is 10.4. The van der Waals surface area contributed by atoms with Crippen LogP contribution in [-0.4, -0.2) is 29.0 Å². The molecule has 1 aliphatic heterocycles. The summed E-state index contributed by atoms with van der Waals surface area (Å²) in [7, 11) is 0. The summed E-state index contributed by atoms with van der Waals surface area (Å²) in [6.45, 7) is 1.75. The molecule has 1 aromatic heterocycles. The van der Waals surface area contributed by atoms with Crippen LogP contribution >= 0.6 is 0 Å². The van der Waals surface area contributed by atoms with Crippen LogP contribution in [0.2, 0.25) is 0 Å². The van der Waals surface area contributed by atoms with Gasteiger partial charge >= 0.3 is 0 Å². The fraction of sp³-hybridized carbons (Fsp3) is 0.182. The third-order valence-electron chi connectivity index (χ3n) is 2.08. The van der Waals surface area contributed by atoms with Crippen molar-refractivity contribution in [3.05, 3.63) is 36.7 Å². The molecule has 2 aromatic rings. The highest BCUT2D eigenvalue weighted by Crippen LogP contribution is 2.04. The lowest BCUT2D eigenvalue weighted by Crippen LogP contribution is -2.26. The second-order valence-corrected chi connectivity index (χ2v) is 3.24. The van der Waals surface area contributed by atoms with Crippen LogP contribution in [0.25, 0.3) is 11.0 Å².